The minimum absolute atomic E-state index is 0. The van der Waals surface area contributed by atoms with Crippen molar-refractivity contribution in [3.8, 4) is 0 Å². The highest BCUT2D eigenvalue weighted by Gasteiger charge is 2.53. The van der Waals surface area contributed by atoms with Gasteiger partial charge in [0.1, 0.15) is 17.3 Å². The molecule has 7 fully saturated rings. The van der Waals surface area contributed by atoms with Crippen molar-refractivity contribution < 1.29 is 36.0 Å². The van der Waals surface area contributed by atoms with Crippen LogP contribution in [0.3, 0.4) is 0 Å². The average Bonchev–Trinajstić information content (AvgIpc) is 3.61. The van der Waals surface area contributed by atoms with Gasteiger partial charge in [-0.1, -0.05) is 44.3 Å². The molecular weight excluding hydrogens is 801 g/mol. The zero-order valence-electron chi connectivity index (χ0n) is 26.6. The lowest BCUT2D eigenvalue weighted by atomic mass is 9.74. The quantitative estimate of drug-likeness (QED) is 0.281. The summed E-state index contributed by atoms with van der Waals surface area (Å²) in [6.07, 6.45) is -2.76. The van der Waals surface area contributed by atoms with Crippen LogP contribution >= 0.6 is 51.5 Å². The molecule has 8 aliphatic rings. The lowest BCUT2D eigenvalue weighted by Crippen LogP contribution is -2.59. The number of hydrogen-bond donors (Lipinski definition) is 2. The van der Waals surface area contributed by atoms with Gasteiger partial charge in [0.2, 0.25) is 0 Å². The van der Waals surface area contributed by atoms with Crippen molar-refractivity contribution in [3.05, 3.63) is 62.0 Å². The molecule has 0 amide bonds. The molecule has 0 radical (unpaired) electrons. The van der Waals surface area contributed by atoms with Crippen LogP contribution in [0, 0.1) is 11.8 Å². The lowest BCUT2D eigenvalue weighted by Gasteiger charge is -2.49. The van der Waals surface area contributed by atoms with E-state index in [4.69, 9.17) is 38.6 Å². The molecule has 7 saturated heterocycles. The summed E-state index contributed by atoms with van der Waals surface area (Å²) >= 11 is 13.9. The zero-order valence-corrected chi connectivity index (χ0v) is 30.5. The van der Waals surface area contributed by atoms with E-state index in [0.29, 0.717) is 34.4 Å². The Labute approximate surface area is 310 Å². The Morgan fingerprint density at radius 2 is 1.34 bits per heavy atom. The number of hydroxylamine groups is 1. The van der Waals surface area contributed by atoms with Crippen LogP contribution in [0.1, 0.15) is 49.7 Å². The molecule has 2 aromatic rings. The summed E-state index contributed by atoms with van der Waals surface area (Å²) in [5.74, 6) is 2.40. The molecule has 0 aliphatic carbocycles. The van der Waals surface area contributed by atoms with E-state index in [-0.39, 0.29) is 39.3 Å². The van der Waals surface area contributed by atoms with E-state index in [1.165, 1.54) is 50.2 Å². The highest BCUT2D eigenvalue weighted by molar-refractivity contribution is 9.10. The Kier molecular flexibility index (Phi) is 11.9. The molecule has 4 bridgehead atoms. The predicted molar refractivity (Wildman–Crippen MR) is 185 cm³/mol. The Hall–Kier alpha value is -2.01. The van der Waals surface area contributed by atoms with Crippen LogP contribution in [0.5, 0.6) is 0 Å². The minimum atomic E-state index is -4.50. The summed E-state index contributed by atoms with van der Waals surface area (Å²) < 4.78 is 75.6. The van der Waals surface area contributed by atoms with Crippen LogP contribution in [0.25, 0.3) is 0 Å². The minimum Gasteiger partial charge on any atom is -0.386 e. The van der Waals surface area contributed by atoms with Crippen molar-refractivity contribution in [3.63, 3.8) is 0 Å². The molecule has 18 heteroatoms. The summed E-state index contributed by atoms with van der Waals surface area (Å²) in [7, 11) is 0. The molecule has 2 spiro atoms. The van der Waals surface area contributed by atoms with E-state index >= 15 is 0 Å². The van der Waals surface area contributed by atoms with Crippen molar-refractivity contribution in [1.82, 2.24) is 15.3 Å². The van der Waals surface area contributed by atoms with Gasteiger partial charge in [0, 0.05) is 29.9 Å². The number of nitrogens with zero attached hydrogens (tertiary/aromatic N) is 4. The lowest BCUT2D eigenvalue weighted by molar-refractivity contribution is -0.150. The van der Waals surface area contributed by atoms with Gasteiger partial charge < -0.3 is 15.5 Å². The van der Waals surface area contributed by atoms with E-state index in [2.05, 4.69) is 41.4 Å². The molecule has 2 atom stereocenters. The van der Waals surface area contributed by atoms with Gasteiger partial charge in [-0.3, -0.25) is 15.2 Å². The molecule has 50 heavy (non-hydrogen) atoms. The number of fused-ring (bicyclic) bond motifs is 4. The van der Waals surface area contributed by atoms with Gasteiger partial charge in [0.05, 0.1) is 33.3 Å². The topological polar surface area (TPSA) is 87.7 Å². The van der Waals surface area contributed by atoms with Gasteiger partial charge in [-0.25, -0.2) is 4.99 Å². The Balaban J connectivity index is 0.000000158. The van der Waals surface area contributed by atoms with E-state index in [1.807, 2.05) is 0 Å². The third kappa shape index (κ3) is 8.61. The fraction of sp³-hybridized carbons (Fsp3) is 0.562. The molecular formula is C32H36BrCl3F6N6O2. The first-order valence-corrected chi connectivity index (χ1v) is 17.5. The van der Waals surface area contributed by atoms with Crippen LogP contribution in [0.4, 0.5) is 32.0 Å². The van der Waals surface area contributed by atoms with Gasteiger partial charge in [-0.05, 0) is 94.2 Å². The van der Waals surface area contributed by atoms with Gasteiger partial charge in [-0.15, -0.1) is 12.4 Å². The third-order valence-electron chi connectivity index (χ3n) is 10.1. The van der Waals surface area contributed by atoms with E-state index in [9.17, 15) is 26.3 Å². The predicted octanol–water partition coefficient (Wildman–Crippen LogP) is 8.46. The largest absolute Gasteiger partial charge is 0.417 e. The number of benzene rings is 2. The van der Waals surface area contributed by atoms with E-state index in [1.54, 1.807) is 0 Å². The highest BCUT2D eigenvalue weighted by Crippen LogP contribution is 2.44. The molecule has 8 aliphatic heterocycles. The number of alkyl halides is 6. The number of nitrogens with two attached hydrogens (primary N) is 1. The fourth-order valence-electron chi connectivity index (χ4n) is 7.64. The molecule has 0 unspecified atom stereocenters. The smallest absolute Gasteiger partial charge is 0.386 e. The summed E-state index contributed by atoms with van der Waals surface area (Å²) in [6, 6.07) is 7.28. The van der Waals surface area contributed by atoms with Crippen LogP contribution in [-0.4, -0.2) is 71.9 Å². The maximum Gasteiger partial charge on any atom is 0.417 e. The van der Waals surface area contributed by atoms with Crippen molar-refractivity contribution in [2.24, 2.45) is 27.7 Å². The van der Waals surface area contributed by atoms with Crippen LogP contribution < -0.4 is 11.2 Å². The van der Waals surface area contributed by atoms with Crippen LogP contribution in [0.2, 0.25) is 10.0 Å². The number of nitrogens with one attached hydrogen (secondary N) is 1. The van der Waals surface area contributed by atoms with Crippen LogP contribution in [0.15, 0.2) is 51.0 Å². The maximum atomic E-state index is 13.0. The van der Waals surface area contributed by atoms with E-state index in [0.717, 1.165) is 57.6 Å². The summed E-state index contributed by atoms with van der Waals surface area (Å²) in [5, 5.41) is 3.29. The van der Waals surface area contributed by atoms with Crippen molar-refractivity contribution in [2.75, 3.05) is 39.3 Å². The monoisotopic (exact) mass is 834 g/mol. The molecule has 0 aromatic heterocycles. The Morgan fingerprint density at radius 1 is 0.820 bits per heavy atom. The SMILES string of the molecule is Cl.FC(F)(F)c1cc(Br)ccc1Cl.FC(F)(F)c1cc(N=C2C[C@@]3(CN4CCC3CC4)ON2)ccc1Cl.NC1=NO[C@@]2(C1)CN1CCC2CC1. The van der Waals surface area contributed by atoms with Crippen LogP contribution in [-0.2, 0) is 22.0 Å². The highest BCUT2D eigenvalue weighted by atomic mass is 79.9. The van der Waals surface area contributed by atoms with Gasteiger partial charge in [0.25, 0.3) is 0 Å². The van der Waals surface area contributed by atoms with Crippen molar-refractivity contribution in [1.29, 1.82) is 0 Å². The van der Waals surface area contributed by atoms with Gasteiger partial charge >= 0.3 is 12.4 Å². The molecule has 0 saturated carbocycles. The normalized spacial score (nSPS) is 31.6. The fourth-order valence-corrected chi connectivity index (χ4v) is 8.45. The number of amidine groups is 2. The third-order valence-corrected chi connectivity index (χ3v) is 11.2. The summed E-state index contributed by atoms with van der Waals surface area (Å²) in [6.45, 7) is 6.52. The number of piperidine rings is 6. The number of rotatable bonds is 1. The average molecular weight is 837 g/mol. The second-order valence-electron chi connectivity index (χ2n) is 13.3. The number of hydrogen-bond acceptors (Lipinski definition) is 7. The van der Waals surface area contributed by atoms with Crippen molar-refractivity contribution in [2.45, 2.75) is 62.1 Å². The molecule has 10 rings (SSSR count). The first-order chi connectivity index (χ1) is 23.1. The second-order valence-corrected chi connectivity index (χ2v) is 15.0. The maximum absolute atomic E-state index is 13.0. The molecule has 276 valence electrons. The zero-order chi connectivity index (χ0) is 35.2. The standard InChI is InChI=1S/C16H17ClF3N3O.C9H15N3O.C7H3BrClF3.ClH/c17-13-2-1-11(7-12(13)16(18,19)20)21-14-8-15(24-22-14)9-23-5-3-10(15)4-6-23;10-8-5-9(13-11-8)6-12-3-1-7(9)2-4-12;8-4-1-2-6(9)5(3-4)7(10,11)12;/h1-2,7,10H,3-6,8-9H2,(H,21,22);7H,1-6H2,(H2,10,11);1-3H;1H/t15-;9-;;/m00../s1. The van der Waals surface area contributed by atoms with Gasteiger partial charge in [0.15, 0.2) is 5.60 Å². The van der Waals surface area contributed by atoms with Crippen molar-refractivity contribution >= 4 is 68.9 Å². The number of oxime groups is 1. The molecule has 2 aromatic carbocycles. The first-order valence-electron chi connectivity index (χ1n) is 15.9. The first kappa shape index (κ1) is 39.2. The molecule has 3 N–H and O–H groups in total. The Bertz CT molecular complexity index is 1600. The summed E-state index contributed by atoms with van der Waals surface area (Å²) in [4.78, 5) is 20.5. The summed E-state index contributed by atoms with van der Waals surface area (Å²) in [5.41, 5.74) is 6.70. The molecule has 8 heterocycles. The second kappa shape index (κ2) is 15.2. The molecule has 8 nitrogen and oxygen atoms in total. The van der Waals surface area contributed by atoms with Gasteiger partial charge in [-0.2, -0.15) is 26.3 Å². The number of halogens is 10. The number of aliphatic imine (C=N–C) groups is 1. The van der Waals surface area contributed by atoms with E-state index < -0.39 is 23.5 Å². The Morgan fingerprint density at radius 3 is 1.80 bits per heavy atom.